The number of halogens is 1. The first kappa shape index (κ1) is 19.2. The number of aromatic nitrogens is 3. The topological polar surface area (TPSA) is 81.1 Å². The lowest BCUT2D eigenvalue weighted by Crippen LogP contribution is -2.33. The standard InChI is InChI=1S/C17H23N5O2.ClH/c1-13(24-15-5-3-2-4-6-15)11-19-17(23)16-12-22(21-20-16)14-7-9-18-10-8-14;/h2-6,12-14,18H,7-11H2,1H3,(H,19,23);1H. The van der Waals surface area contributed by atoms with Crippen molar-refractivity contribution in [3.8, 4) is 5.75 Å². The quantitative estimate of drug-likeness (QED) is 0.816. The molecule has 1 aromatic carbocycles. The largest absolute Gasteiger partial charge is 0.489 e. The van der Waals surface area contributed by atoms with Gasteiger partial charge in [-0.25, -0.2) is 4.68 Å². The Kier molecular flexibility index (Phi) is 7.21. The Morgan fingerprint density at radius 3 is 2.80 bits per heavy atom. The van der Waals surface area contributed by atoms with E-state index in [0.717, 1.165) is 31.7 Å². The Labute approximate surface area is 153 Å². The number of nitrogens with one attached hydrogen (secondary N) is 2. The van der Waals surface area contributed by atoms with E-state index in [0.29, 0.717) is 18.3 Å². The first-order valence-corrected chi connectivity index (χ1v) is 8.35. The summed E-state index contributed by atoms with van der Waals surface area (Å²) in [7, 11) is 0. The van der Waals surface area contributed by atoms with Crippen molar-refractivity contribution in [2.24, 2.45) is 0 Å². The number of carbonyl (C=O) groups excluding carboxylic acids is 1. The van der Waals surface area contributed by atoms with Crippen molar-refractivity contribution in [2.75, 3.05) is 19.6 Å². The molecule has 1 aliphatic heterocycles. The molecule has 2 N–H and O–H groups in total. The summed E-state index contributed by atoms with van der Waals surface area (Å²) in [4.78, 5) is 12.2. The molecule has 1 unspecified atom stereocenters. The molecule has 0 saturated carbocycles. The molecule has 0 spiro atoms. The molecular weight excluding hydrogens is 342 g/mol. The molecule has 1 amide bonds. The zero-order valence-corrected chi connectivity index (χ0v) is 15.0. The zero-order chi connectivity index (χ0) is 16.8. The van der Waals surface area contributed by atoms with Gasteiger partial charge in [-0.05, 0) is 45.0 Å². The van der Waals surface area contributed by atoms with Crippen LogP contribution in [0.2, 0.25) is 0 Å². The number of rotatable bonds is 6. The Morgan fingerprint density at radius 1 is 1.36 bits per heavy atom. The van der Waals surface area contributed by atoms with Gasteiger partial charge in [-0.1, -0.05) is 23.4 Å². The van der Waals surface area contributed by atoms with E-state index in [9.17, 15) is 4.79 Å². The van der Waals surface area contributed by atoms with E-state index < -0.39 is 0 Å². The fourth-order valence-electron chi connectivity index (χ4n) is 2.73. The van der Waals surface area contributed by atoms with Crippen LogP contribution in [0.25, 0.3) is 0 Å². The highest BCUT2D eigenvalue weighted by molar-refractivity contribution is 5.91. The Bertz CT molecular complexity index is 658. The molecule has 1 aliphatic rings. The molecule has 0 radical (unpaired) electrons. The molecule has 0 bridgehead atoms. The monoisotopic (exact) mass is 365 g/mol. The lowest BCUT2D eigenvalue weighted by Gasteiger charge is -2.22. The van der Waals surface area contributed by atoms with Gasteiger partial charge in [-0.2, -0.15) is 0 Å². The predicted molar refractivity (Wildman–Crippen MR) is 97.3 cm³/mol. The van der Waals surface area contributed by atoms with E-state index >= 15 is 0 Å². The van der Waals surface area contributed by atoms with Crippen LogP contribution in [0.5, 0.6) is 5.75 Å². The van der Waals surface area contributed by atoms with E-state index in [1.807, 2.05) is 37.3 Å². The van der Waals surface area contributed by atoms with Gasteiger partial charge in [0.25, 0.3) is 5.91 Å². The maximum atomic E-state index is 12.2. The van der Waals surface area contributed by atoms with Crippen molar-refractivity contribution in [1.82, 2.24) is 25.6 Å². The molecular formula is C17H24ClN5O2. The molecule has 136 valence electrons. The van der Waals surface area contributed by atoms with Crippen molar-refractivity contribution in [1.29, 1.82) is 0 Å². The van der Waals surface area contributed by atoms with E-state index in [1.54, 1.807) is 10.9 Å². The van der Waals surface area contributed by atoms with Crippen molar-refractivity contribution in [2.45, 2.75) is 31.9 Å². The van der Waals surface area contributed by atoms with Gasteiger partial charge in [0.1, 0.15) is 11.9 Å². The number of nitrogens with zero attached hydrogens (tertiary/aromatic N) is 3. The van der Waals surface area contributed by atoms with Crippen molar-refractivity contribution >= 4 is 18.3 Å². The van der Waals surface area contributed by atoms with Gasteiger partial charge in [-0.3, -0.25) is 4.79 Å². The predicted octanol–water partition coefficient (Wildman–Crippen LogP) is 1.82. The van der Waals surface area contributed by atoms with E-state index in [-0.39, 0.29) is 24.4 Å². The first-order chi connectivity index (χ1) is 11.7. The molecule has 2 aromatic rings. The second-order valence-corrected chi connectivity index (χ2v) is 6.02. The number of hydrogen-bond acceptors (Lipinski definition) is 5. The minimum Gasteiger partial charge on any atom is -0.489 e. The lowest BCUT2D eigenvalue weighted by molar-refractivity contribution is 0.0927. The highest BCUT2D eigenvalue weighted by atomic mass is 35.5. The van der Waals surface area contributed by atoms with Gasteiger partial charge < -0.3 is 15.4 Å². The molecule has 8 heteroatoms. The summed E-state index contributed by atoms with van der Waals surface area (Å²) in [5.74, 6) is 0.565. The fourth-order valence-corrected chi connectivity index (χ4v) is 2.73. The van der Waals surface area contributed by atoms with Gasteiger partial charge in [0.2, 0.25) is 0 Å². The van der Waals surface area contributed by atoms with Crippen molar-refractivity contribution < 1.29 is 9.53 Å². The smallest absolute Gasteiger partial charge is 0.273 e. The zero-order valence-electron chi connectivity index (χ0n) is 14.2. The van der Waals surface area contributed by atoms with Crippen LogP contribution in [0.1, 0.15) is 36.3 Å². The maximum Gasteiger partial charge on any atom is 0.273 e. The summed E-state index contributed by atoms with van der Waals surface area (Å²) < 4.78 is 7.54. The summed E-state index contributed by atoms with van der Waals surface area (Å²) in [5, 5.41) is 14.3. The van der Waals surface area contributed by atoms with Gasteiger partial charge >= 0.3 is 0 Å². The van der Waals surface area contributed by atoms with Crippen LogP contribution < -0.4 is 15.4 Å². The number of para-hydroxylation sites is 1. The van der Waals surface area contributed by atoms with E-state index in [1.165, 1.54) is 0 Å². The molecule has 1 aromatic heterocycles. The molecule has 3 rings (SSSR count). The second-order valence-electron chi connectivity index (χ2n) is 6.02. The number of ether oxygens (including phenoxy) is 1. The van der Waals surface area contributed by atoms with Crippen LogP contribution in [0.4, 0.5) is 0 Å². The average Bonchev–Trinajstić information content (AvgIpc) is 3.11. The highest BCUT2D eigenvalue weighted by Crippen LogP contribution is 2.17. The summed E-state index contributed by atoms with van der Waals surface area (Å²) in [6.45, 7) is 4.27. The van der Waals surface area contributed by atoms with Crippen LogP contribution in [0.15, 0.2) is 36.5 Å². The molecule has 1 atom stereocenters. The van der Waals surface area contributed by atoms with Gasteiger partial charge in [0.15, 0.2) is 5.69 Å². The van der Waals surface area contributed by atoms with Crippen LogP contribution in [0, 0.1) is 0 Å². The number of piperidine rings is 1. The second kappa shape index (κ2) is 9.39. The van der Waals surface area contributed by atoms with Crippen LogP contribution in [-0.2, 0) is 0 Å². The third-order valence-corrected chi connectivity index (χ3v) is 4.06. The molecule has 7 nitrogen and oxygen atoms in total. The molecule has 2 heterocycles. The number of hydrogen-bond donors (Lipinski definition) is 2. The SMILES string of the molecule is CC(CNC(=O)c1cn(C2CCNCC2)nn1)Oc1ccccc1.Cl. The normalized spacial score (nSPS) is 15.9. The molecule has 1 saturated heterocycles. The number of benzene rings is 1. The van der Waals surface area contributed by atoms with Gasteiger partial charge in [0, 0.05) is 0 Å². The Hall–Kier alpha value is -2.12. The molecule has 0 aliphatic carbocycles. The average molecular weight is 366 g/mol. The molecule has 1 fully saturated rings. The van der Waals surface area contributed by atoms with Gasteiger partial charge in [0.05, 0.1) is 18.8 Å². The van der Waals surface area contributed by atoms with Crippen LogP contribution in [-0.4, -0.2) is 46.6 Å². The first-order valence-electron chi connectivity index (χ1n) is 8.35. The van der Waals surface area contributed by atoms with Crippen molar-refractivity contribution in [3.05, 3.63) is 42.2 Å². The minimum atomic E-state index is -0.223. The summed E-state index contributed by atoms with van der Waals surface area (Å²) in [5.41, 5.74) is 0.348. The van der Waals surface area contributed by atoms with E-state index in [2.05, 4.69) is 20.9 Å². The number of carbonyl (C=O) groups is 1. The number of amides is 1. The van der Waals surface area contributed by atoms with E-state index in [4.69, 9.17) is 4.74 Å². The Balaban J connectivity index is 0.00000225. The van der Waals surface area contributed by atoms with Crippen LogP contribution in [0.3, 0.4) is 0 Å². The fraction of sp³-hybridized carbons (Fsp3) is 0.471. The maximum absolute atomic E-state index is 12.2. The third-order valence-electron chi connectivity index (χ3n) is 4.06. The minimum absolute atomic E-state index is 0. The van der Waals surface area contributed by atoms with Crippen LogP contribution >= 0.6 is 12.4 Å². The summed E-state index contributed by atoms with van der Waals surface area (Å²) in [6.07, 6.45) is 3.61. The molecule has 25 heavy (non-hydrogen) atoms. The summed E-state index contributed by atoms with van der Waals surface area (Å²) in [6, 6.07) is 9.87. The van der Waals surface area contributed by atoms with Gasteiger partial charge in [-0.15, -0.1) is 17.5 Å². The summed E-state index contributed by atoms with van der Waals surface area (Å²) >= 11 is 0. The Morgan fingerprint density at radius 2 is 2.08 bits per heavy atom. The lowest BCUT2D eigenvalue weighted by atomic mass is 10.1. The highest BCUT2D eigenvalue weighted by Gasteiger charge is 2.19. The third kappa shape index (κ3) is 5.44. The van der Waals surface area contributed by atoms with Crippen molar-refractivity contribution in [3.63, 3.8) is 0 Å².